The normalized spacial score (nSPS) is 12.7. The molecule has 2 aromatic rings. The molecule has 0 fully saturated rings. The zero-order valence-corrected chi connectivity index (χ0v) is 14.5. The first-order chi connectivity index (χ1) is 12.4. The summed E-state index contributed by atoms with van der Waals surface area (Å²) < 4.78 is 5.06. The highest BCUT2D eigenvalue weighted by molar-refractivity contribution is 6.07. The van der Waals surface area contributed by atoms with Gasteiger partial charge < -0.3 is 10.1 Å². The number of ether oxygens (including phenoxy) is 1. The number of carbonyl (C=O) groups is 2. The predicted octanol–water partition coefficient (Wildman–Crippen LogP) is 2.90. The van der Waals surface area contributed by atoms with E-state index in [1.807, 2.05) is 0 Å². The van der Waals surface area contributed by atoms with Crippen molar-refractivity contribution < 1.29 is 19.2 Å². The van der Waals surface area contributed by atoms with Crippen molar-refractivity contribution in [2.75, 3.05) is 19.0 Å². The van der Waals surface area contributed by atoms with Crippen LogP contribution in [0.1, 0.15) is 18.4 Å². The summed E-state index contributed by atoms with van der Waals surface area (Å²) in [6.07, 6.45) is 0. The number of rotatable bonds is 8. The van der Waals surface area contributed by atoms with Crippen LogP contribution in [0.5, 0.6) is 5.75 Å². The predicted molar refractivity (Wildman–Crippen MR) is 96.8 cm³/mol. The Kier molecular flexibility index (Phi) is 6.43. The molecule has 0 saturated carbocycles. The molecule has 0 radical (unpaired) electrons. The van der Waals surface area contributed by atoms with Gasteiger partial charge in [0, 0.05) is 10.6 Å². The minimum absolute atomic E-state index is 0.424. The van der Waals surface area contributed by atoms with Gasteiger partial charge in [-0.05, 0) is 36.8 Å². The molecule has 2 rings (SSSR count). The number of Topliss-reactive ketones (excluding diaryl/α,β-unsaturated/α-hetero) is 1. The zero-order valence-electron chi connectivity index (χ0n) is 14.5. The van der Waals surface area contributed by atoms with Gasteiger partial charge in [-0.15, -0.1) is 0 Å². The molecule has 2 aromatic carbocycles. The number of hydrogen-bond acceptors (Lipinski definition) is 5. The van der Waals surface area contributed by atoms with Crippen LogP contribution in [0.4, 0.5) is 5.69 Å². The maximum absolute atomic E-state index is 12.7. The fraction of sp³-hybridized carbons (Fsp3) is 0.263. The van der Waals surface area contributed by atoms with E-state index in [0.29, 0.717) is 17.0 Å². The lowest BCUT2D eigenvalue weighted by Gasteiger charge is -2.22. The van der Waals surface area contributed by atoms with Gasteiger partial charge in [0.15, 0.2) is 0 Å². The third-order valence-electron chi connectivity index (χ3n) is 4.05. The van der Waals surface area contributed by atoms with Crippen molar-refractivity contribution in [3.8, 4) is 5.75 Å². The second kappa shape index (κ2) is 8.75. The molecule has 7 heteroatoms. The van der Waals surface area contributed by atoms with Crippen molar-refractivity contribution in [2.24, 2.45) is 5.92 Å². The maximum Gasteiger partial charge on any atom is 0.235 e. The summed E-state index contributed by atoms with van der Waals surface area (Å²) in [5.74, 6) is -2.38. The molecule has 136 valence electrons. The van der Waals surface area contributed by atoms with E-state index in [-0.39, 0.29) is 0 Å². The smallest absolute Gasteiger partial charge is 0.235 e. The highest BCUT2D eigenvalue weighted by Gasteiger charge is 2.36. The third kappa shape index (κ3) is 4.89. The lowest BCUT2D eigenvalue weighted by molar-refractivity contribution is -0.484. The van der Waals surface area contributed by atoms with E-state index in [2.05, 4.69) is 5.32 Å². The first-order valence-electron chi connectivity index (χ1n) is 8.04. The van der Waals surface area contributed by atoms with E-state index in [9.17, 15) is 19.7 Å². The summed E-state index contributed by atoms with van der Waals surface area (Å²) in [4.78, 5) is 35.5. The van der Waals surface area contributed by atoms with E-state index >= 15 is 0 Å². The molecular formula is C19H20N2O5. The van der Waals surface area contributed by atoms with E-state index in [1.165, 1.54) is 14.0 Å². The standard InChI is InChI=1S/C19H20N2O5/c1-13(22)18(17(12-21(24)25)14-6-4-3-5-7-14)19(23)20-15-8-10-16(26-2)11-9-15/h3-11,17-18H,12H2,1-2H3,(H,20,23). The second-order valence-electron chi connectivity index (χ2n) is 5.84. The van der Waals surface area contributed by atoms with Crippen molar-refractivity contribution in [1.82, 2.24) is 0 Å². The molecule has 0 aliphatic rings. The first kappa shape index (κ1) is 19.1. The Morgan fingerprint density at radius 3 is 2.23 bits per heavy atom. The van der Waals surface area contributed by atoms with Crippen LogP contribution in [0.15, 0.2) is 54.6 Å². The minimum Gasteiger partial charge on any atom is -0.497 e. The molecule has 0 heterocycles. The number of nitrogens with zero attached hydrogens (tertiary/aromatic N) is 1. The Morgan fingerprint density at radius 2 is 1.73 bits per heavy atom. The number of ketones is 1. The topological polar surface area (TPSA) is 98.5 Å². The highest BCUT2D eigenvalue weighted by Crippen LogP contribution is 2.28. The number of benzene rings is 2. The van der Waals surface area contributed by atoms with Crippen LogP contribution in [0.3, 0.4) is 0 Å². The number of nitrogens with one attached hydrogen (secondary N) is 1. The Balaban J connectivity index is 2.29. The fourth-order valence-corrected chi connectivity index (χ4v) is 2.81. The van der Waals surface area contributed by atoms with Crippen molar-refractivity contribution in [3.63, 3.8) is 0 Å². The number of methoxy groups -OCH3 is 1. The molecule has 2 unspecified atom stereocenters. The second-order valence-corrected chi connectivity index (χ2v) is 5.84. The van der Waals surface area contributed by atoms with Gasteiger partial charge in [0.2, 0.25) is 12.5 Å². The quantitative estimate of drug-likeness (QED) is 0.445. The molecule has 7 nitrogen and oxygen atoms in total. The van der Waals surface area contributed by atoms with Crippen molar-refractivity contribution in [1.29, 1.82) is 0 Å². The van der Waals surface area contributed by atoms with Crippen LogP contribution < -0.4 is 10.1 Å². The molecule has 0 spiro atoms. The Hall–Kier alpha value is -3.22. The largest absolute Gasteiger partial charge is 0.497 e. The van der Waals surface area contributed by atoms with Crippen LogP contribution in [0, 0.1) is 16.0 Å². The fourth-order valence-electron chi connectivity index (χ4n) is 2.81. The molecule has 0 saturated heterocycles. The van der Waals surface area contributed by atoms with Crippen LogP contribution in [-0.4, -0.2) is 30.3 Å². The summed E-state index contributed by atoms with van der Waals surface area (Å²) >= 11 is 0. The molecule has 26 heavy (non-hydrogen) atoms. The van der Waals surface area contributed by atoms with Crippen LogP contribution >= 0.6 is 0 Å². The van der Waals surface area contributed by atoms with Gasteiger partial charge in [-0.1, -0.05) is 30.3 Å². The molecule has 0 aromatic heterocycles. The van der Waals surface area contributed by atoms with Crippen LogP contribution in [0.25, 0.3) is 0 Å². The molecule has 1 amide bonds. The van der Waals surface area contributed by atoms with Gasteiger partial charge in [-0.2, -0.15) is 0 Å². The number of nitro groups is 1. The summed E-state index contributed by atoms with van der Waals surface area (Å²) in [6, 6.07) is 15.2. The van der Waals surface area contributed by atoms with E-state index in [4.69, 9.17) is 4.74 Å². The molecule has 0 bridgehead atoms. The SMILES string of the molecule is COc1ccc(NC(=O)C(C(C)=O)C(C[N+](=O)[O-])c2ccccc2)cc1. The summed E-state index contributed by atoms with van der Waals surface area (Å²) in [5.41, 5.74) is 1.06. The first-order valence-corrected chi connectivity index (χ1v) is 8.04. The number of amides is 1. The van der Waals surface area contributed by atoms with Crippen molar-refractivity contribution in [3.05, 3.63) is 70.3 Å². The zero-order chi connectivity index (χ0) is 19.1. The van der Waals surface area contributed by atoms with Gasteiger partial charge in [0.1, 0.15) is 17.5 Å². The number of hydrogen-bond donors (Lipinski definition) is 1. The molecule has 0 aliphatic carbocycles. The van der Waals surface area contributed by atoms with Gasteiger partial charge in [0.05, 0.1) is 13.0 Å². The molecule has 2 atom stereocenters. The monoisotopic (exact) mass is 356 g/mol. The van der Waals surface area contributed by atoms with E-state index < -0.39 is 35.0 Å². The lowest BCUT2D eigenvalue weighted by Crippen LogP contribution is -2.36. The van der Waals surface area contributed by atoms with Crippen LogP contribution in [-0.2, 0) is 9.59 Å². The molecule has 1 N–H and O–H groups in total. The minimum atomic E-state index is -1.16. The highest BCUT2D eigenvalue weighted by atomic mass is 16.6. The summed E-state index contributed by atoms with van der Waals surface area (Å²) in [5, 5.41) is 13.8. The van der Waals surface area contributed by atoms with Crippen LogP contribution in [0.2, 0.25) is 0 Å². The van der Waals surface area contributed by atoms with Crippen molar-refractivity contribution in [2.45, 2.75) is 12.8 Å². The average Bonchev–Trinajstić information content (AvgIpc) is 2.62. The average molecular weight is 356 g/mol. The van der Waals surface area contributed by atoms with Crippen molar-refractivity contribution >= 4 is 17.4 Å². The summed E-state index contributed by atoms with van der Waals surface area (Å²) in [7, 11) is 1.53. The Morgan fingerprint density at radius 1 is 1.12 bits per heavy atom. The molecule has 0 aliphatic heterocycles. The Labute approximate surface area is 151 Å². The van der Waals surface area contributed by atoms with Gasteiger partial charge >= 0.3 is 0 Å². The maximum atomic E-state index is 12.7. The third-order valence-corrected chi connectivity index (χ3v) is 4.05. The van der Waals surface area contributed by atoms with Gasteiger partial charge in [-0.25, -0.2) is 0 Å². The number of carbonyl (C=O) groups excluding carboxylic acids is 2. The van der Waals surface area contributed by atoms with E-state index in [1.54, 1.807) is 54.6 Å². The van der Waals surface area contributed by atoms with Gasteiger partial charge in [-0.3, -0.25) is 19.7 Å². The van der Waals surface area contributed by atoms with Gasteiger partial charge in [0.25, 0.3) is 0 Å². The summed E-state index contributed by atoms with van der Waals surface area (Å²) in [6.45, 7) is 0.762. The molecular weight excluding hydrogens is 336 g/mol. The lowest BCUT2D eigenvalue weighted by atomic mass is 9.83. The van der Waals surface area contributed by atoms with E-state index in [0.717, 1.165) is 0 Å². The number of anilines is 1. The Bertz CT molecular complexity index is 774.